The molecule has 1 N–H and O–H groups in total. The van der Waals surface area contributed by atoms with Gasteiger partial charge in [0.1, 0.15) is 25.6 Å². The van der Waals surface area contributed by atoms with Crippen molar-refractivity contribution in [1.82, 2.24) is 0 Å². The number of hydrogen-bond acceptors (Lipinski definition) is 12. The topological polar surface area (TPSA) is 169 Å². The summed E-state index contributed by atoms with van der Waals surface area (Å²) in [6.45, 7) is 3.25. The highest BCUT2D eigenvalue weighted by Gasteiger charge is 2.23. The Bertz CT molecular complexity index is 1110. The van der Waals surface area contributed by atoms with Crippen molar-refractivity contribution in [2.75, 3.05) is 26.4 Å². The van der Waals surface area contributed by atoms with Gasteiger partial charge in [0.25, 0.3) is 0 Å². The summed E-state index contributed by atoms with van der Waals surface area (Å²) in [6, 6.07) is 0. The summed E-state index contributed by atoms with van der Waals surface area (Å²) in [6.07, 6.45) is 22.3. The van der Waals surface area contributed by atoms with Crippen LogP contribution in [0, 0.1) is 17.8 Å². The van der Waals surface area contributed by atoms with Gasteiger partial charge < -0.3 is 28.8 Å². The van der Waals surface area contributed by atoms with Crippen molar-refractivity contribution >= 4 is 35.6 Å². The fourth-order valence-electron chi connectivity index (χ4n) is 7.88. The number of aliphatic hydroxyl groups excluding tert-OH is 1. The van der Waals surface area contributed by atoms with E-state index in [4.69, 9.17) is 23.7 Å². The third-order valence-electron chi connectivity index (χ3n) is 11.7. The Morgan fingerprint density at radius 3 is 1.10 bits per heavy atom. The van der Waals surface area contributed by atoms with Gasteiger partial charge in [-0.25, -0.2) is 0 Å². The first-order valence-electron chi connectivity index (χ1n) is 23.1. The molecule has 0 bridgehead atoms. The Morgan fingerprint density at radius 2 is 0.776 bits per heavy atom. The number of ketones is 1. The lowest BCUT2D eigenvalue weighted by Gasteiger charge is -2.22. The van der Waals surface area contributed by atoms with Crippen LogP contribution in [0.1, 0.15) is 200 Å². The van der Waals surface area contributed by atoms with Gasteiger partial charge in [-0.15, -0.1) is 0 Å². The van der Waals surface area contributed by atoms with Crippen molar-refractivity contribution in [2.45, 2.75) is 212 Å². The molecule has 0 saturated heterocycles. The zero-order chi connectivity index (χ0) is 42.2. The molecule has 0 heterocycles. The number of ether oxygens (including phenoxy) is 5. The third kappa shape index (κ3) is 26.2. The van der Waals surface area contributed by atoms with Crippen LogP contribution in [0.5, 0.6) is 0 Å². The van der Waals surface area contributed by atoms with E-state index in [9.17, 15) is 33.9 Å². The van der Waals surface area contributed by atoms with E-state index in [2.05, 4.69) is 13.8 Å². The summed E-state index contributed by atoms with van der Waals surface area (Å²) in [4.78, 5) is 74.5. The SMILES string of the molecule is CCCC.O=C(CCCC(=O)OC(CO)COC(=O)CCC1CCCCC1)CCCC(=O)OC(COC(=O)CCC1CCCCC1)COC(=O)CCC1CCCCC1. The van der Waals surface area contributed by atoms with Gasteiger partial charge in [-0.05, 0) is 49.9 Å². The number of unbranched alkanes of at least 4 members (excludes halogenated alkanes) is 1. The van der Waals surface area contributed by atoms with Gasteiger partial charge in [0.2, 0.25) is 0 Å². The van der Waals surface area contributed by atoms with Crippen molar-refractivity contribution in [3.8, 4) is 0 Å². The van der Waals surface area contributed by atoms with Crippen LogP contribution in [0.15, 0.2) is 0 Å². The Morgan fingerprint density at radius 1 is 0.448 bits per heavy atom. The molecule has 0 aromatic carbocycles. The second-order valence-corrected chi connectivity index (χ2v) is 16.8. The number of hydrogen-bond donors (Lipinski definition) is 1. The third-order valence-corrected chi connectivity index (χ3v) is 11.7. The van der Waals surface area contributed by atoms with Gasteiger partial charge >= 0.3 is 29.8 Å². The summed E-state index contributed by atoms with van der Waals surface area (Å²) in [5, 5.41) is 9.57. The van der Waals surface area contributed by atoms with Gasteiger partial charge in [-0.3, -0.25) is 28.8 Å². The molecule has 3 fully saturated rings. The van der Waals surface area contributed by atoms with E-state index in [1.165, 1.54) is 70.6 Å². The van der Waals surface area contributed by atoms with E-state index in [1.54, 1.807) is 0 Å². The summed E-state index contributed by atoms with van der Waals surface area (Å²) >= 11 is 0. The number of carbonyl (C=O) groups is 6. The van der Waals surface area contributed by atoms with Crippen LogP contribution in [-0.4, -0.2) is 79.4 Å². The van der Waals surface area contributed by atoms with Crippen molar-refractivity contribution < 1.29 is 57.6 Å². The molecule has 0 aliphatic heterocycles. The maximum atomic E-state index is 12.7. The molecule has 12 nitrogen and oxygen atoms in total. The number of carbonyl (C=O) groups excluding carboxylic acids is 6. The largest absolute Gasteiger partial charge is 0.462 e. The highest BCUT2D eigenvalue weighted by molar-refractivity contribution is 5.80. The molecule has 0 spiro atoms. The Balaban J connectivity index is 0.00000276. The van der Waals surface area contributed by atoms with Crippen molar-refractivity contribution in [1.29, 1.82) is 0 Å². The quantitative estimate of drug-likeness (QED) is 0.0617. The monoisotopic (exact) mass is 823 g/mol. The number of aliphatic hydroxyl groups is 1. The second kappa shape index (κ2) is 32.8. The maximum absolute atomic E-state index is 12.7. The molecular weight excluding hydrogens is 744 g/mol. The lowest BCUT2D eigenvalue weighted by atomic mass is 9.86. The highest BCUT2D eigenvalue weighted by atomic mass is 16.6. The normalized spacial score (nSPS) is 17.0. The van der Waals surface area contributed by atoms with E-state index >= 15 is 0 Å². The average Bonchev–Trinajstić information content (AvgIpc) is 3.24. The van der Waals surface area contributed by atoms with E-state index in [0.717, 1.165) is 57.8 Å². The number of Topliss-reactive ketones (excluding diaryl/α,β-unsaturated/α-hetero) is 1. The van der Waals surface area contributed by atoms with Crippen LogP contribution < -0.4 is 0 Å². The van der Waals surface area contributed by atoms with E-state index in [1.807, 2.05) is 0 Å². The van der Waals surface area contributed by atoms with Crippen LogP contribution in [0.4, 0.5) is 0 Å². The lowest BCUT2D eigenvalue weighted by Crippen LogP contribution is -2.31. The summed E-state index contributed by atoms with van der Waals surface area (Å²) < 4.78 is 26.9. The average molecular weight is 823 g/mol. The zero-order valence-electron chi connectivity index (χ0n) is 36.2. The van der Waals surface area contributed by atoms with Gasteiger partial charge in [0.05, 0.1) is 6.61 Å². The molecule has 3 saturated carbocycles. The Labute approximate surface area is 348 Å². The van der Waals surface area contributed by atoms with Gasteiger partial charge in [-0.1, -0.05) is 123 Å². The summed E-state index contributed by atoms with van der Waals surface area (Å²) in [7, 11) is 0. The number of rotatable bonds is 27. The standard InChI is InChI=1S/C42H68O12.C4H10/c43-28-36(29-50-38(45)25-22-32-12-4-1-5-13-32)53-41(48)20-10-18-35(44)19-11-21-42(49)54-37(30-51-39(46)26-23-33-14-6-2-7-15-33)31-52-40(47)27-24-34-16-8-3-9-17-34;1-3-4-2/h32-34,36-37,43H,1-31H2;3-4H2,1-2H3. The molecule has 3 aliphatic carbocycles. The molecule has 334 valence electrons. The molecular formula is C46H78O12. The maximum Gasteiger partial charge on any atom is 0.306 e. The fourth-order valence-corrected chi connectivity index (χ4v) is 7.88. The molecule has 0 aromatic heterocycles. The smallest absolute Gasteiger partial charge is 0.306 e. The molecule has 0 radical (unpaired) electrons. The molecule has 3 rings (SSSR count). The first-order valence-corrected chi connectivity index (χ1v) is 23.1. The van der Waals surface area contributed by atoms with Crippen molar-refractivity contribution in [3.05, 3.63) is 0 Å². The molecule has 58 heavy (non-hydrogen) atoms. The highest BCUT2D eigenvalue weighted by Crippen LogP contribution is 2.29. The van der Waals surface area contributed by atoms with Gasteiger partial charge in [-0.2, -0.15) is 0 Å². The summed E-state index contributed by atoms with van der Waals surface area (Å²) in [5.74, 6) is -0.801. The zero-order valence-corrected chi connectivity index (χ0v) is 36.2. The van der Waals surface area contributed by atoms with Crippen LogP contribution >= 0.6 is 0 Å². The second-order valence-electron chi connectivity index (χ2n) is 16.8. The van der Waals surface area contributed by atoms with Crippen molar-refractivity contribution in [2.24, 2.45) is 17.8 Å². The van der Waals surface area contributed by atoms with Crippen LogP contribution in [0.2, 0.25) is 0 Å². The van der Waals surface area contributed by atoms with Gasteiger partial charge in [0, 0.05) is 44.9 Å². The van der Waals surface area contributed by atoms with Crippen LogP contribution in [0.25, 0.3) is 0 Å². The fraction of sp³-hybridized carbons (Fsp3) is 0.870. The minimum atomic E-state index is -0.961. The lowest BCUT2D eigenvalue weighted by molar-refractivity contribution is -0.167. The molecule has 0 aromatic rings. The van der Waals surface area contributed by atoms with E-state index < -0.39 is 30.8 Å². The number of esters is 5. The van der Waals surface area contributed by atoms with E-state index in [-0.39, 0.29) is 82.0 Å². The van der Waals surface area contributed by atoms with Crippen molar-refractivity contribution in [3.63, 3.8) is 0 Å². The predicted octanol–water partition coefficient (Wildman–Crippen LogP) is 9.23. The van der Waals surface area contributed by atoms with Crippen LogP contribution in [0.3, 0.4) is 0 Å². The molecule has 12 heteroatoms. The molecule has 3 aliphatic rings. The minimum Gasteiger partial charge on any atom is -0.462 e. The Hall–Kier alpha value is -3.02. The molecule has 1 atom stereocenters. The first kappa shape index (κ1) is 51.1. The minimum absolute atomic E-state index is 0.0413. The summed E-state index contributed by atoms with van der Waals surface area (Å²) in [5.41, 5.74) is 0. The predicted molar refractivity (Wildman–Crippen MR) is 220 cm³/mol. The van der Waals surface area contributed by atoms with Gasteiger partial charge in [0.15, 0.2) is 12.2 Å². The first-order chi connectivity index (χ1) is 28.1. The van der Waals surface area contributed by atoms with E-state index in [0.29, 0.717) is 37.0 Å². The molecule has 0 amide bonds. The Kier molecular flexibility index (Phi) is 28.9. The molecule has 1 unspecified atom stereocenters. The van der Waals surface area contributed by atoms with Crippen LogP contribution in [-0.2, 0) is 52.5 Å².